The zero-order chi connectivity index (χ0) is 18.6. The van der Waals surface area contributed by atoms with Gasteiger partial charge in [-0.3, -0.25) is 9.59 Å². The highest BCUT2D eigenvalue weighted by molar-refractivity contribution is 7.91. The van der Waals surface area contributed by atoms with Crippen LogP contribution in [0, 0.1) is 11.6 Å². The quantitative estimate of drug-likeness (QED) is 0.759. The van der Waals surface area contributed by atoms with Gasteiger partial charge in [-0.2, -0.15) is 0 Å². The molecular formula is C15H18F2N2O5S. The Morgan fingerprint density at radius 3 is 2.64 bits per heavy atom. The highest BCUT2D eigenvalue weighted by Gasteiger charge is 2.36. The van der Waals surface area contributed by atoms with Crippen LogP contribution in [0.5, 0.6) is 0 Å². The minimum absolute atomic E-state index is 0.0227. The van der Waals surface area contributed by atoms with Gasteiger partial charge < -0.3 is 15.0 Å². The molecule has 1 saturated heterocycles. The van der Waals surface area contributed by atoms with Crippen LogP contribution in [-0.4, -0.2) is 62.9 Å². The monoisotopic (exact) mass is 376 g/mol. The standard InChI is InChI=1S/C15H18F2N2O5S/c1-24-6-5-19(11-4-7-25(22,23)9-11)15(21)14(20)18-13-3-2-10(16)8-12(13)17/h2-3,8,11H,4-7,9H2,1H3,(H,18,20). The van der Waals surface area contributed by atoms with Crippen LogP contribution in [-0.2, 0) is 24.2 Å². The third-order valence-electron chi connectivity index (χ3n) is 3.82. The van der Waals surface area contributed by atoms with E-state index in [0.29, 0.717) is 6.07 Å². The van der Waals surface area contributed by atoms with E-state index in [1.807, 2.05) is 0 Å². The number of halogens is 2. The number of carbonyl (C=O) groups excluding carboxylic acids is 2. The van der Waals surface area contributed by atoms with Crippen molar-refractivity contribution in [2.45, 2.75) is 12.5 Å². The van der Waals surface area contributed by atoms with E-state index in [-0.39, 0.29) is 36.8 Å². The summed E-state index contributed by atoms with van der Waals surface area (Å²) in [5, 5.41) is 2.08. The molecule has 10 heteroatoms. The van der Waals surface area contributed by atoms with Crippen molar-refractivity contribution in [3.8, 4) is 0 Å². The Labute approximate surface area is 143 Å². The highest BCUT2D eigenvalue weighted by Crippen LogP contribution is 2.19. The van der Waals surface area contributed by atoms with Crippen molar-refractivity contribution >= 4 is 27.3 Å². The number of nitrogens with zero attached hydrogens (tertiary/aromatic N) is 1. The summed E-state index contributed by atoms with van der Waals surface area (Å²) in [5.41, 5.74) is -0.342. The van der Waals surface area contributed by atoms with Gasteiger partial charge in [0.1, 0.15) is 11.6 Å². The maximum atomic E-state index is 13.6. The molecule has 0 bridgehead atoms. The molecule has 1 aliphatic rings. The van der Waals surface area contributed by atoms with Crippen LogP contribution in [0.2, 0.25) is 0 Å². The Bertz CT molecular complexity index is 769. The van der Waals surface area contributed by atoms with E-state index in [0.717, 1.165) is 17.0 Å². The summed E-state index contributed by atoms with van der Waals surface area (Å²) in [4.78, 5) is 25.6. The van der Waals surface area contributed by atoms with Crippen molar-refractivity contribution in [1.82, 2.24) is 4.90 Å². The fourth-order valence-electron chi connectivity index (χ4n) is 2.56. The molecule has 2 amide bonds. The van der Waals surface area contributed by atoms with Crippen molar-refractivity contribution < 1.29 is 31.5 Å². The molecule has 1 aromatic carbocycles. The number of benzene rings is 1. The van der Waals surface area contributed by atoms with Gasteiger partial charge in [0.15, 0.2) is 9.84 Å². The number of nitrogens with one attached hydrogen (secondary N) is 1. The van der Waals surface area contributed by atoms with E-state index in [1.165, 1.54) is 7.11 Å². The van der Waals surface area contributed by atoms with E-state index >= 15 is 0 Å². The Kier molecular flexibility index (Phi) is 6.07. The number of amides is 2. The molecule has 0 radical (unpaired) electrons. The van der Waals surface area contributed by atoms with Gasteiger partial charge in [-0.25, -0.2) is 17.2 Å². The van der Waals surface area contributed by atoms with Crippen LogP contribution >= 0.6 is 0 Å². The first kappa shape index (κ1) is 19.3. The van der Waals surface area contributed by atoms with Gasteiger partial charge in [0.2, 0.25) is 0 Å². The molecule has 1 atom stereocenters. The van der Waals surface area contributed by atoms with Gasteiger partial charge in [0, 0.05) is 25.8 Å². The molecule has 0 aliphatic carbocycles. The summed E-state index contributed by atoms with van der Waals surface area (Å²) >= 11 is 0. The molecule has 1 unspecified atom stereocenters. The normalized spacial score (nSPS) is 18.8. The number of hydrogen-bond donors (Lipinski definition) is 1. The maximum absolute atomic E-state index is 13.6. The van der Waals surface area contributed by atoms with Crippen molar-refractivity contribution in [3.05, 3.63) is 29.8 Å². The number of hydrogen-bond acceptors (Lipinski definition) is 5. The fraction of sp³-hybridized carbons (Fsp3) is 0.467. The lowest BCUT2D eigenvalue weighted by Gasteiger charge is -2.27. The lowest BCUT2D eigenvalue weighted by atomic mass is 10.2. The summed E-state index contributed by atoms with van der Waals surface area (Å²) in [6, 6.07) is 1.87. The van der Waals surface area contributed by atoms with Gasteiger partial charge in [0.25, 0.3) is 0 Å². The maximum Gasteiger partial charge on any atom is 0.313 e. The highest BCUT2D eigenvalue weighted by atomic mass is 32.2. The van der Waals surface area contributed by atoms with Crippen LogP contribution in [0.1, 0.15) is 6.42 Å². The minimum atomic E-state index is -3.26. The van der Waals surface area contributed by atoms with Gasteiger partial charge in [-0.1, -0.05) is 0 Å². The minimum Gasteiger partial charge on any atom is -0.383 e. The van der Waals surface area contributed by atoms with Crippen LogP contribution in [0.15, 0.2) is 18.2 Å². The van der Waals surface area contributed by atoms with E-state index in [4.69, 9.17) is 4.74 Å². The van der Waals surface area contributed by atoms with Crippen molar-refractivity contribution in [2.24, 2.45) is 0 Å². The lowest BCUT2D eigenvalue weighted by Crippen LogP contribution is -2.48. The average Bonchev–Trinajstić information content (AvgIpc) is 2.90. The second-order valence-corrected chi connectivity index (χ2v) is 7.86. The molecule has 0 spiro atoms. The number of rotatable bonds is 5. The van der Waals surface area contributed by atoms with Crippen LogP contribution < -0.4 is 5.32 Å². The summed E-state index contributed by atoms with van der Waals surface area (Å²) in [6.07, 6.45) is 0.218. The van der Waals surface area contributed by atoms with Crippen LogP contribution in [0.25, 0.3) is 0 Å². The molecule has 1 heterocycles. The van der Waals surface area contributed by atoms with Crippen molar-refractivity contribution in [3.63, 3.8) is 0 Å². The molecule has 0 saturated carbocycles. The number of ether oxygens (including phenoxy) is 1. The SMILES string of the molecule is COCCN(C(=O)C(=O)Nc1ccc(F)cc1F)C1CCS(=O)(=O)C1. The lowest BCUT2D eigenvalue weighted by molar-refractivity contribution is -0.145. The number of carbonyl (C=O) groups is 2. The van der Waals surface area contributed by atoms with E-state index in [9.17, 15) is 26.8 Å². The number of sulfone groups is 1. The van der Waals surface area contributed by atoms with Crippen LogP contribution in [0.4, 0.5) is 14.5 Å². The fourth-order valence-corrected chi connectivity index (χ4v) is 4.29. The van der Waals surface area contributed by atoms with E-state index < -0.39 is 39.3 Å². The smallest absolute Gasteiger partial charge is 0.313 e. The molecule has 1 aliphatic heterocycles. The zero-order valence-electron chi connectivity index (χ0n) is 13.5. The topological polar surface area (TPSA) is 92.8 Å². The molecule has 138 valence electrons. The third kappa shape index (κ3) is 4.95. The summed E-state index contributed by atoms with van der Waals surface area (Å²) < 4.78 is 54.6. The average molecular weight is 376 g/mol. The Balaban J connectivity index is 2.13. The van der Waals surface area contributed by atoms with E-state index in [2.05, 4.69) is 5.32 Å². The molecule has 0 aromatic heterocycles. The van der Waals surface area contributed by atoms with Crippen LogP contribution in [0.3, 0.4) is 0 Å². The second kappa shape index (κ2) is 7.87. The number of anilines is 1. The summed E-state index contributed by atoms with van der Waals surface area (Å²) in [7, 11) is -1.86. The molecule has 1 fully saturated rings. The Hall–Kier alpha value is -2.07. The largest absolute Gasteiger partial charge is 0.383 e. The first-order chi connectivity index (χ1) is 11.7. The van der Waals surface area contributed by atoms with Crippen molar-refractivity contribution in [2.75, 3.05) is 37.1 Å². The Morgan fingerprint density at radius 2 is 2.08 bits per heavy atom. The van der Waals surface area contributed by atoms with Gasteiger partial charge in [-0.05, 0) is 18.6 Å². The Morgan fingerprint density at radius 1 is 1.36 bits per heavy atom. The number of methoxy groups -OCH3 is 1. The second-order valence-electron chi connectivity index (χ2n) is 5.63. The molecule has 7 nitrogen and oxygen atoms in total. The molecular weight excluding hydrogens is 358 g/mol. The molecule has 2 rings (SSSR count). The summed E-state index contributed by atoms with van der Waals surface area (Å²) in [5.74, 6) is -4.27. The van der Waals surface area contributed by atoms with E-state index in [1.54, 1.807) is 0 Å². The molecule has 1 aromatic rings. The molecule has 1 N–H and O–H groups in total. The summed E-state index contributed by atoms with van der Waals surface area (Å²) in [6.45, 7) is 0.134. The van der Waals surface area contributed by atoms with Gasteiger partial charge >= 0.3 is 11.8 Å². The zero-order valence-corrected chi connectivity index (χ0v) is 14.3. The van der Waals surface area contributed by atoms with Gasteiger partial charge in [0.05, 0.1) is 23.8 Å². The van der Waals surface area contributed by atoms with Gasteiger partial charge in [-0.15, -0.1) is 0 Å². The molecule has 25 heavy (non-hydrogen) atoms. The predicted molar refractivity (Wildman–Crippen MR) is 85.6 cm³/mol. The third-order valence-corrected chi connectivity index (χ3v) is 5.57. The van der Waals surface area contributed by atoms with Crippen molar-refractivity contribution in [1.29, 1.82) is 0 Å². The first-order valence-corrected chi connectivity index (χ1v) is 9.32. The first-order valence-electron chi connectivity index (χ1n) is 7.50. The predicted octanol–water partition coefficient (Wildman–Crippen LogP) is 0.565.